The Kier molecular flexibility index (Phi) is 5.24. The van der Waals surface area contributed by atoms with Gasteiger partial charge in [0, 0.05) is 30.7 Å². The Labute approximate surface area is 130 Å². The molecular formula is C13H16Br2N2O2. The highest BCUT2D eigenvalue weighted by molar-refractivity contribution is 9.11. The van der Waals surface area contributed by atoms with Crippen LogP contribution in [0.3, 0.4) is 0 Å². The maximum Gasteiger partial charge on any atom is 0.260 e. The minimum atomic E-state index is 0.0444. The Bertz CT molecular complexity index is 460. The van der Waals surface area contributed by atoms with E-state index in [1.54, 1.807) is 0 Å². The third-order valence-corrected chi connectivity index (χ3v) is 4.21. The Morgan fingerprint density at radius 1 is 1.26 bits per heavy atom. The summed E-state index contributed by atoms with van der Waals surface area (Å²) in [6, 6.07) is 5.63. The molecule has 0 unspecified atom stereocenters. The number of carbonyl (C=O) groups is 1. The van der Waals surface area contributed by atoms with Gasteiger partial charge in [0.1, 0.15) is 5.75 Å². The molecule has 1 aromatic carbocycles. The molecule has 1 aliphatic heterocycles. The maximum atomic E-state index is 12.0. The van der Waals surface area contributed by atoms with E-state index in [2.05, 4.69) is 43.8 Å². The average Bonchev–Trinajstić information content (AvgIpc) is 2.38. The smallest absolute Gasteiger partial charge is 0.260 e. The zero-order valence-electron chi connectivity index (χ0n) is 10.7. The molecule has 0 spiro atoms. The summed E-state index contributed by atoms with van der Waals surface area (Å²) in [5.41, 5.74) is 0. The predicted octanol–water partition coefficient (Wildman–Crippen LogP) is 2.36. The molecule has 0 N–H and O–H groups in total. The number of likely N-dealkylation sites (N-methyl/N-ethyl adjacent to an activating group) is 1. The minimum Gasteiger partial charge on any atom is -0.483 e. The van der Waals surface area contributed by atoms with Gasteiger partial charge in [-0.3, -0.25) is 4.79 Å². The number of nitrogens with zero attached hydrogens (tertiary/aromatic N) is 2. The second-order valence-electron chi connectivity index (χ2n) is 4.55. The SMILES string of the molecule is CN1CCN(C(=O)COc2ccc(Br)cc2Br)CC1. The van der Waals surface area contributed by atoms with Crippen molar-refractivity contribution in [2.45, 2.75) is 0 Å². The largest absolute Gasteiger partial charge is 0.483 e. The van der Waals surface area contributed by atoms with Gasteiger partial charge in [0.2, 0.25) is 0 Å². The molecule has 1 aromatic rings. The molecule has 0 aliphatic carbocycles. The van der Waals surface area contributed by atoms with Gasteiger partial charge in [-0.1, -0.05) is 15.9 Å². The highest BCUT2D eigenvalue weighted by Crippen LogP contribution is 2.28. The quantitative estimate of drug-likeness (QED) is 0.792. The van der Waals surface area contributed by atoms with Gasteiger partial charge in [0.25, 0.3) is 5.91 Å². The molecule has 0 bridgehead atoms. The first-order valence-electron chi connectivity index (χ1n) is 6.10. The molecule has 1 amide bonds. The van der Waals surface area contributed by atoms with Crippen molar-refractivity contribution in [3.63, 3.8) is 0 Å². The van der Waals surface area contributed by atoms with Gasteiger partial charge in [-0.05, 0) is 41.2 Å². The second-order valence-corrected chi connectivity index (χ2v) is 6.32. The molecule has 1 fully saturated rings. The molecule has 4 nitrogen and oxygen atoms in total. The van der Waals surface area contributed by atoms with E-state index in [1.807, 2.05) is 23.1 Å². The maximum absolute atomic E-state index is 12.0. The van der Waals surface area contributed by atoms with Gasteiger partial charge in [0.15, 0.2) is 6.61 Å². The van der Waals surface area contributed by atoms with Crippen LogP contribution in [0, 0.1) is 0 Å². The summed E-state index contributed by atoms with van der Waals surface area (Å²) in [5.74, 6) is 0.730. The van der Waals surface area contributed by atoms with E-state index < -0.39 is 0 Å². The van der Waals surface area contributed by atoms with E-state index in [1.165, 1.54) is 0 Å². The number of carbonyl (C=O) groups excluding carboxylic acids is 1. The lowest BCUT2D eigenvalue weighted by atomic mass is 10.3. The summed E-state index contributed by atoms with van der Waals surface area (Å²) in [6.07, 6.45) is 0. The number of rotatable bonds is 3. The van der Waals surface area contributed by atoms with Crippen LogP contribution in [0.2, 0.25) is 0 Å². The summed E-state index contributed by atoms with van der Waals surface area (Å²) < 4.78 is 7.37. The Morgan fingerprint density at radius 2 is 1.95 bits per heavy atom. The van der Waals surface area contributed by atoms with E-state index in [-0.39, 0.29) is 12.5 Å². The third-order valence-electron chi connectivity index (χ3n) is 3.10. The first-order chi connectivity index (χ1) is 9.06. The fourth-order valence-electron chi connectivity index (χ4n) is 1.88. The van der Waals surface area contributed by atoms with Crippen molar-refractivity contribution in [1.29, 1.82) is 0 Å². The van der Waals surface area contributed by atoms with Crippen LogP contribution in [0.1, 0.15) is 0 Å². The molecule has 0 aromatic heterocycles. The van der Waals surface area contributed by atoms with Gasteiger partial charge in [0.05, 0.1) is 4.47 Å². The topological polar surface area (TPSA) is 32.8 Å². The summed E-state index contributed by atoms with van der Waals surface area (Å²) in [6.45, 7) is 3.49. The summed E-state index contributed by atoms with van der Waals surface area (Å²) in [7, 11) is 2.07. The van der Waals surface area contributed by atoms with Crippen LogP contribution in [-0.2, 0) is 4.79 Å². The van der Waals surface area contributed by atoms with Crippen molar-refractivity contribution in [2.75, 3.05) is 39.8 Å². The molecule has 1 heterocycles. The van der Waals surface area contributed by atoms with Crippen LogP contribution in [0.25, 0.3) is 0 Å². The minimum absolute atomic E-state index is 0.0444. The molecule has 1 aliphatic rings. The molecule has 0 saturated carbocycles. The number of benzene rings is 1. The van der Waals surface area contributed by atoms with Crippen LogP contribution in [0.5, 0.6) is 5.75 Å². The van der Waals surface area contributed by atoms with Gasteiger partial charge >= 0.3 is 0 Å². The van der Waals surface area contributed by atoms with Crippen LogP contribution >= 0.6 is 31.9 Å². The number of hydrogen-bond donors (Lipinski definition) is 0. The normalized spacial score (nSPS) is 16.5. The van der Waals surface area contributed by atoms with Crippen LogP contribution in [0.4, 0.5) is 0 Å². The summed E-state index contributed by atoms with van der Waals surface area (Å²) >= 11 is 6.79. The zero-order chi connectivity index (χ0) is 13.8. The van der Waals surface area contributed by atoms with Crippen molar-refractivity contribution in [3.05, 3.63) is 27.1 Å². The molecule has 1 saturated heterocycles. The number of hydrogen-bond acceptors (Lipinski definition) is 3. The fraction of sp³-hybridized carbons (Fsp3) is 0.462. The van der Waals surface area contributed by atoms with E-state index in [9.17, 15) is 4.79 Å². The first kappa shape index (κ1) is 14.8. The van der Waals surface area contributed by atoms with Gasteiger partial charge in [-0.2, -0.15) is 0 Å². The van der Waals surface area contributed by atoms with Crippen molar-refractivity contribution in [1.82, 2.24) is 9.80 Å². The number of amides is 1. The van der Waals surface area contributed by atoms with E-state index in [4.69, 9.17) is 4.74 Å². The Balaban J connectivity index is 1.86. The lowest BCUT2D eigenvalue weighted by Crippen LogP contribution is -2.48. The van der Waals surface area contributed by atoms with Crippen molar-refractivity contribution >= 4 is 37.8 Å². The molecule has 0 radical (unpaired) electrons. The van der Waals surface area contributed by atoms with Gasteiger partial charge in [-0.15, -0.1) is 0 Å². The van der Waals surface area contributed by atoms with Crippen LogP contribution in [0.15, 0.2) is 27.1 Å². The van der Waals surface area contributed by atoms with Crippen molar-refractivity contribution < 1.29 is 9.53 Å². The number of piperazine rings is 1. The monoisotopic (exact) mass is 390 g/mol. The summed E-state index contributed by atoms with van der Waals surface area (Å²) in [4.78, 5) is 16.1. The lowest BCUT2D eigenvalue weighted by molar-refractivity contribution is -0.134. The van der Waals surface area contributed by atoms with Crippen molar-refractivity contribution in [3.8, 4) is 5.75 Å². The third kappa shape index (κ3) is 4.19. The number of ether oxygens (including phenoxy) is 1. The Hall–Kier alpha value is -0.590. The molecule has 6 heteroatoms. The molecule has 2 rings (SSSR count). The number of halogens is 2. The highest BCUT2D eigenvalue weighted by atomic mass is 79.9. The molecule has 104 valence electrons. The van der Waals surface area contributed by atoms with E-state index in [0.717, 1.165) is 35.1 Å². The summed E-state index contributed by atoms with van der Waals surface area (Å²) in [5, 5.41) is 0. The van der Waals surface area contributed by atoms with E-state index >= 15 is 0 Å². The van der Waals surface area contributed by atoms with Crippen molar-refractivity contribution in [2.24, 2.45) is 0 Å². The second kappa shape index (κ2) is 6.72. The predicted molar refractivity (Wildman–Crippen MR) is 81.4 cm³/mol. The van der Waals surface area contributed by atoms with Gasteiger partial charge < -0.3 is 14.5 Å². The zero-order valence-corrected chi connectivity index (χ0v) is 13.9. The first-order valence-corrected chi connectivity index (χ1v) is 7.69. The highest BCUT2D eigenvalue weighted by Gasteiger charge is 2.19. The van der Waals surface area contributed by atoms with Crippen LogP contribution < -0.4 is 4.74 Å². The van der Waals surface area contributed by atoms with Crippen LogP contribution in [-0.4, -0.2) is 55.5 Å². The lowest BCUT2D eigenvalue weighted by Gasteiger charge is -2.32. The molecule has 0 atom stereocenters. The average molecular weight is 392 g/mol. The standard InChI is InChI=1S/C13H16Br2N2O2/c1-16-4-6-17(7-5-16)13(18)9-19-12-3-2-10(14)8-11(12)15/h2-3,8H,4-7,9H2,1H3. The molecule has 19 heavy (non-hydrogen) atoms. The van der Waals surface area contributed by atoms with E-state index in [0.29, 0.717) is 5.75 Å². The fourth-order valence-corrected chi connectivity index (χ4v) is 3.04. The molecular weight excluding hydrogens is 376 g/mol. The Morgan fingerprint density at radius 3 is 2.58 bits per heavy atom. The van der Waals surface area contributed by atoms with Gasteiger partial charge in [-0.25, -0.2) is 0 Å².